The molecule has 1 aliphatic heterocycles. The van der Waals surface area contributed by atoms with E-state index in [9.17, 15) is 14.4 Å². The fraction of sp³-hybridized carbons (Fsp3) is 0.727. The summed E-state index contributed by atoms with van der Waals surface area (Å²) in [6.07, 6.45) is 0.0563. The van der Waals surface area contributed by atoms with Crippen LogP contribution in [0.15, 0.2) is 0 Å². The third-order valence-electron chi connectivity index (χ3n) is 2.77. The van der Waals surface area contributed by atoms with Crippen LogP contribution in [0.2, 0.25) is 0 Å². The highest BCUT2D eigenvalue weighted by molar-refractivity contribution is 5.89. The highest BCUT2D eigenvalue weighted by Crippen LogP contribution is 2.18. The van der Waals surface area contributed by atoms with E-state index in [1.165, 1.54) is 4.90 Å². The summed E-state index contributed by atoms with van der Waals surface area (Å²) in [4.78, 5) is 35.3. The zero-order valence-corrected chi connectivity index (χ0v) is 10.3. The highest BCUT2D eigenvalue weighted by Gasteiger charge is 2.34. The van der Waals surface area contributed by atoms with E-state index in [2.05, 4.69) is 5.32 Å². The molecule has 2 N–H and O–H groups in total. The van der Waals surface area contributed by atoms with Gasteiger partial charge < -0.3 is 15.3 Å². The first-order chi connectivity index (χ1) is 7.71. The van der Waals surface area contributed by atoms with Gasteiger partial charge in [-0.2, -0.15) is 0 Å². The first kappa shape index (κ1) is 13.5. The van der Waals surface area contributed by atoms with E-state index in [0.29, 0.717) is 6.54 Å². The zero-order valence-electron chi connectivity index (χ0n) is 10.3. The molecule has 1 atom stereocenters. The second-order valence-corrected chi connectivity index (χ2v) is 5.12. The summed E-state index contributed by atoms with van der Waals surface area (Å²) >= 11 is 0. The van der Waals surface area contributed by atoms with Gasteiger partial charge in [0.2, 0.25) is 11.8 Å². The molecule has 0 saturated carbocycles. The third kappa shape index (κ3) is 3.72. The number of nitrogens with zero attached hydrogens (tertiary/aromatic N) is 1. The number of hydrogen-bond donors (Lipinski definition) is 2. The Kier molecular flexibility index (Phi) is 3.75. The molecule has 2 amide bonds. The summed E-state index contributed by atoms with van der Waals surface area (Å²) in [5.74, 6) is -1.65. The second kappa shape index (κ2) is 4.73. The number of amides is 2. The Labute approximate surface area is 100.0 Å². The average molecular weight is 242 g/mol. The van der Waals surface area contributed by atoms with Gasteiger partial charge in [0.1, 0.15) is 0 Å². The average Bonchev–Trinajstić information content (AvgIpc) is 2.43. The van der Waals surface area contributed by atoms with Crippen molar-refractivity contribution in [3.8, 4) is 0 Å². The summed E-state index contributed by atoms with van der Waals surface area (Å²) in [5, 5.41) is 11.4. The number of carboxylic acid groups (broad SMARTS) is 1. The molecule has 0 aliphatic carbocycles. The van der Waals surface area contributed by atoms with Gasteiger partial charge in [-0.1, -0.05) is 0 Å². The highest BCUT2D eigenvalue weighted by atomic mass is 16.4. The first-order valence-corrected chi connectivity index (χ1v) is 5.49. The maximum atomic E-state index is 11.9. The molecule has 0 radical (unpaired) electrons. The van der Waals surface area contributed by atoms with Gasteiger partial charge in [-0.05, 0) is 13.8 Å². The molecule has 6 heteroatoms. The number of carbonyl (C=O) groups excluding carboxylic acids is 2. The lowest BCUT2D eigenvalue weighted by atomic mass is 9.98. The number of rotatable bonds is 4. The van der Waals surface area contributed by atoms with Crippen LogP contribution in [0.25, 0.3) is 0 Å². The van der Waals surface area contributed by atoms with Crippen molar-refractivity contribution < 1.29 is 19.5 Å². The van der Waals surface area contributed by atoms with Crippen molar-refractivity contribution in [3.05, 3.63) is 0 Å². The maximum Gasteiger partial charge on any atom is 0.305 e. The summed E-state index contributed by atoms with van der Waals surface area (Å²) in [7, 11) is 1.65. The van der Waals surface area contributed by atoms with Gasteiger partial charge >= 0.3 is 5.97 Å². The Morgan fingerprint density at radius 2 is 2.12 bits per heavy atom. The van der Waals surface area contributed by atoms with Crippen molar-refractivity contribution in [2.75, 3.05) is 13.6 Å². The van der Waals surface area contributed by atoms with Crippen LogP contribution >= 0.6 is 0 Å². The van der Waals surface area contributed by atoms with Gasteiger partial charge in [0.05, 0.1) is 12.3 Å². The maximum absolute atomic E-state index is 11.9. The quantitative estimate of drug-likeness (QED) is 0.717. The Morgan fingerprint density at radius 1 is 1.53 bits per heavy atom. The molecule has 0 aromatic rings. The van der Waals surface area contributed by atoms with E-state index in [4.69, 9.17) is 5.11 Å². The largest absolute Gasteiger partial charge is 0.481 e. The molecule has 1 aliphatic rings. The molecule has 0 bridgehead atoms. The summed E-state index contributed by atoms with van der Waals surface area (Å²) in [6.45, 7) is 3.70. The van der Waals surface area contributed by atoms with Gasteiger partial charge in [-0.25, -0.2) is 0 Å². The molecule has 1 unspecified atom stereocenters. The van der Waals surface area contributed by atoms with Crippen molar-refractivity contribution in [3.63, 3.8) is 0 Å². The number of nitrogens with one attached hydrogen (secondary N) is 1. The fourth-order valence-corrected chi connectivity index (χ4v) is 1.90. The van der Waals surface area contributed by atoms with Crippen molar-refractivity contribution in [2.45, 2.75) is 32.2 Å². The Hall–Kier alpha value is -1.59. The zero-order chi connectivity index (χ0) is 13.2. The molecule has 0 aromatic heterocycles. The molecule has 1 heterocycles. The lowest BCUT2D eigenvalue weighted by Gasteiger charge is -2.25. The number of carboxylic acids is 1. The van der Waals surface area contributed by atoms with E-state index >= 15 is 0 Å². The molecular formula is C11H18N2O4. The molecule has 1 fully saturated rings. The van der Waals surface area contributed by atoms with Gasteiger partial charge in [0.15, 0.2) is 0 Å². The molecule has 0 spiro atoms. The van der Waals surface area contributed by atoms with Gasteiger partial charge in [0, 0.05) is 25.6 Å². The number of hydrogen-bond acceptors (Lipinski definition) is 3. The van der Waals surface area contributed by atoms with Crippen LogP contribution in [0, 0.1) is 5.92 Å². The van der Waals surface area contributed by atoms with Crippen LogP contribution in [0.5, 0.6) is 0 Å². The summed E-state index contributed by atoms with van der Waals surface area (Å²) < 4.78 is 0. The fourth-order valence-electron chi connectivity index (χ4n) is 1.90. The molecular weight excluding hydrogens is 224 g/mol. The Morgan fingerprint density at radius 3 is 2.53 bits per heavy atom. The number of likely N-dealkylation sites (tertiary alicyclic amines) is 1. The van der Waals surface area contributed by atoms with Crippen molar-refractivity contribution in [2.24, 2.45) is 5.92 Å². The lowest BCUT2D eigenvalue weighted by Crippen LogP contribution is -2.47. The molecule has 0 aromatic carbocycles. The second-order valence-electron chi connectivity index (χ2n) is 5.12. The van der Waals surface area contributed by atoms with Crippen molar-refractivity contribution >= 4 is 17.8 Å². The Bertz CT molecular complexity index is 351. The molecule has 1 saturated heterocycles. The summed E-state index contributed by atoms with van der Waals surface area (Å²) in [5.41, 5.74) is -0.798. The minimum Gasteiger partial charge on any atom is -0.481 e. The minimum atomic E-state index is -0.963. The minimum absolute atomic E-state index is 0.0545. The predicted octanol–water partition coefficient (Wildman–Crippen LogP) is -0.166. The van der Waals surface area contributed by atoms with E-state index in [1.54, 1.807) is 20.9 Å². The van der Waals surface area contributed by atoms with Gasteiger partial charge in [-0.3, -0.25) is 14.4 Å². The van der Waals surface area contributed by atoms with Crippen LogP contribution < -0.4 is 5.32 Å². The van der Waals surface area contributed by atoms with Gasteiger partial charge in [-0.15, -0.1) is 0 Å². The molecule has 6 nitrogen and oxygen atoms in total. The predicted molar refractivity (Wildman–Crippen MR) is 60.2 cm³/mol. The normalized spacial score (nSPS) is 20.5. The monoisotopic (exact) mass is 242 g/mol. The van der Waals surface area contributed by atoms with Crippen molar-refractivity contribution in [1.29, 1.82) is 0 Å². The van der Waals surface area contributed by atoms with Crippen LogP contribution in [-0.2, 0) is 14.4 Å². The molecule has 96 valence electrons. The van der Waals surface area contributed by atoms with Crippen LogP contribution in [0.1, 0.15) is 26.7 Å². The first-order valence-electron chi connectivity index (χ1n) is 5.49. The van der Waals surface area contributed by atoms with E-state index in [-0.39, 0.29) is 30.6 Å². The molecule has 17 heavy (non-hydrogen) atoms. The van der Waals surface area contributed by atoms with E-state index in [1.807, 2.05) is 0 Å². The van der Waals surface area contributed by atoms with Crippen molar-refractivity contribution in [1.82, 2.24) is 10.2 Å². The van der Waals surface area contributed by atoms with Gasteiger partial charge in [0.25, 0.3) is 0 Å². The molecule has 1 rings (SSSR count). The smallest absolute Gasteiger partial charge is 0.305 e. The lowest BCUT2D eigenvalue weighted by molar-refractivity contribution is -0.139. The van der Waals surface area contributed by atoms with Crippen LogP contribution in [0.4, 0.5) is 0 Å². The van der Waals surface area contributed by atoms with Crippen LogP contribution in [0.3, 0.4) is 0 Å². The SMILES string of the molecule is CN1CC(C(=O)NC(C)(C)CC(=O)O)CC1=O. The van der Waals surface area contributed by atoms with Crippen LogP contribution in [-0.4, -0.2) is 46.9 Å². The summed E-state index contributed by atoms with van der Waals surface area (Å²) in [6, 6.07) is 0. The van der Waals surface area contributed by atoms with E-state index < -0.39 is 11.5 Å². The van der Waals surface area contributed by atoms with E-state index in [0.717, 1.165) is 0 Å². The number of aliphatic carboxylic acids is 1. The number of carbonyl (C=O) groups is 3. The standard InChI is InChI=1S/C11H18N2O4/c1-11(2,5-9(15)16)12-10(17)7-4-8(14)13(3)6-7/h7H,4-6H2,1-3H3,(H,12,17)(H,15,16). The Balaban J connectivity index is 2.55. The topological polar surface area (TPSA) is 86.7 Å². The third-order valence-corrected chi connectivity index (χ3v) is 2.77.